The zero-order chi connectivity index (χ0) is 17.6. The number of nitrogens with zero attached hydrogens (tertiary/aromatic N) is 1. The fourth-order valence-corrected chi connectivity index (χ4v) is 5.44. The summed E-state index contributed by atoms with van der Waals surface area (Å²) in [5.41, 5.74) is 0. The van der Waals surface area contributed by atoms with Crippen molar-refractivity contribution in [3.63, 3.8) is 0 Å². The van der Waals surface area contributed by atoms with Crippen LogP contribution in [0.15, 0.2) is 0 Å². The van der Waals surface area contributed by atoms with Crippen molar-refractivity contribution in [3.8, 4) is 0 Å². The van der Waals surface area contributed by atoms with Gasteiger partial charge in [0.05, 0.1) is 4.75 Å². The van der Waals surface area contributed by atoms with Crippen molar-refractivity contribution in [2.24, 2.45) is 5.92 Å². The summed E-state index contributed by atoms with van der Waals surface area (Å²) in [5, 5.41) is 8.05. The van der Waals surface area contributed by atoms with Gasteiger partial charge in [-0.15, -0.1) is 0 Å². The number of carboxylic acids is 1. The van der Waals surface area contributed by atoms with Crippen LogP contribution in [-0.4, -0.2) is 59.0 Å². The van der Waals surface area contributed by atoms with E-state index in [9.17, 15) is 27.9 Å². The van der Waals surface area contributed by atoms with Gasteiger partial charge in [0.2, 0.25) is 5.91 Å². The molecule has 3 atom stereocenters. The maximum atomic E-state index is 12.6. The third-order valence-electron chi connectivity index (χ3n) is 4.57. The first-order valence-corrected chi connectivity index (χ1v) is 9.06. The number of hydrogen-bond acceptors (Lipinski definition) is 6. The molecule has 8 nitrogen and oxygen atoms in total. The molecular weight excluding hydrogens is 326 g/mol. The third kappa shape index (κ3) is 2.50. The molecule has 23 heavy (non-hydrogen) atoms. The van der Waals surface area contributed by atoms with Crippen molar-refractivity contribution >= 4 is 27.7 Å². The Morgan fingerprint density at radius 3 is 2.48 bits per heavy atom. The molecule has 0 aromatic heterocycles. The number of rotatable bonds is 6. The Morgan fingerprint density at radius 2 is 1.96 bits per heavy atom. The number of amides is 1. The Balaban J connectivity index is 2.15. The first kappa shape index (κ1) is 17.7. The summed E-state index contributed by atoms with van der Waals surface area (Å²) >= 11 is 0. The van der Waals surface area contributed by atoms with E-state index in [0.29, 0.717) is 6.42 Å². The van der Waals surface area contributed by atoms with Crippen LogP contribution in [0.2, 0.25) is 0 Å². The highest BCUT2D eigenvalue weighted by Gasteiger charge is 2.72. The second-order valence-corrected chi connectivity index (χ2v) is 9.04. The first-order valence-electron chi connectivity index (χ1n) is 7.51. The van der Waals surface area contributed by atoms with Gasteiger partial charge in [0, 0.05) is 6.42 Å². The van der Waals surface area contributed by atoms with E-state index in [4.69, 9.17) is 4.74 Å². The van der Waals surface area contributed by atoms with E-state index in [1.165, 1.54) is 13.8 Å². The van der Waals surface area contributed by atoms with Crippen molar-refractivity contribution in [2.75, 3.05) is 6.61 Å². The lowest BCUT2D eigenvalue weighted by atomic mass is 9.92. The van der Waals surface area contributed by atoms with Gasteiger partial charge in [-0.1, -0.05) is 13.3 Å². The molecule has 0 saturated carbocycles. The van der Waals surface area contributed by atoms with Crippen molar-refractivity contribution in [1.82, 2.24) is 4.90 Å². The Labute approximate surface area is 134 Å². The van der Waals surface area contributed by atoms with Crippen LogP contribution in [0.1, 0.15) is 40.0 Å². The molecule has 0 aliphatic carbocycles. The minimum absolute atomic E-state index is 0.210. The topological polar surface area (TPSA) is 118 Å². The number of carbonyl (C=O) groups excluding carboxylic acids is 2. The molecule has 0 spiro atoms. The Hall–Kier alpha value is -1.64. The van der Waals surface area contributed by atoms with E-state index in [1.807, 2.05) is 6.92 Å². The van der Waals surface area contributed by atoms with Crippen molar-refractivity contribution in [2.45, 2.75) is 56.2 Å². The third-order valence-corrected chi connectivity index (χ3v) is 7.45. The van der Waals surface area contributed by atoms with Gasteiger partial charge < -0.3 is 14.7 Å². The van der Waals surface area contributed by atoms with E-state index in [2.05, 4.69) is 0 Å². The summed E-state index contributed by atoms with van der Waals surface area (Å²) < 4.78 is 28.5. The fourth-order valence-electron chi connectivity index (χ4n) is 3.14. The molecule has 9 heteroatoms. The summed E-state index contributed by atoms with van der Waals surface area (Å²) in [6, 6.07) is -1.42. The van der Waals surface area contributed by atoms with Crippen LogP contribution in [0, 0.1) is 5.92 Å². The largest absolute Gasteiger partial charge is 0.480 e. The van der Waals surface area contributed by atoms with E-state index in [-0.39, 0.29) is 13.0 Å². The van der Waals surface area contributed by atoms with Crippen molar-refractivity contribution < 1.29 is 32.6 Å². The van der Waals surface area contributed by atoms with E-state index < -0.39 is 49.8 Å². The molecule has 0 bridgehead atoms. The van der Waals surface area contributed by atoms with Crippen LogP contribution in [0.25, 0.3) is 0 Å². The summed E-state index contributed by atoms with van der Waals surface area (Å²) in [6.45, 7) is 4.19. The van der Waals surface area contributed by atoms with Gasteiger partial charge in [-0.05, 0) is 20.3 Å². The van der Waals surface area contributed by atoms with Crippen molar-refractivity contribution in [3.05, 3.63) is 0 Å². The summed E-state index contributed by atoms with van der Waals surface area (Å²) in [6.07, 6.45) is 1.68. The highest BCUT2D eigenvalue weighted by atomic mass is 32.2. The fraction of sp³-hybridized carbons (Fsp3) is 0.786. The second-order valence-electron chi connectivity index (χ2n) is 6.42. The molecule has 2 saturated heterocycles. The number of carbonyl (C=O) groups is 3. The van der Waals surface area contributed by atoms with Crippen LogP contribution < -0.4 is 0 Å². The number of unbranched alkanes of at least 4 members (excludes halogenated alkanes) is 1. The molecule has 1 N–H and O–H groups in total. The normalized spacial score (nSPS) is 30.5. The lowest BCUT2D eigenvalue weighted by Gasteiger charge is -2.42. The van der Waals surface area contributed by atoms with Crippen LogP contribution in [0.3, 0.4) is 0 Å². The number of ether oxygens (including phenoxy) is 1. The number of sulfone groups is 1. The van der Waals surface area contributed by atoms with E-state index in [1.54, 1.807) is 0 Å². The Bertz CT molecular complexity index is 640. The minimum Gasteiger partial charge on any atom is -0.480 e. The second kappa shape index (κ2) is 5.77. The van der Waals surface area contributed by atoms with Gasteiger partial charge in [-0.3, -0.25) is 9.59 Å². The van der Waals surface area contributed by atoms with Crippen molar-refractivity contribution in [1.29, 1.82) is 0 Å². The Morgan fingerprint density at radius 1 is 1.35 bits per heavy atom. The number of aliphatic carboxylic acids is 1. The SMILES string of the molecule is CCCCC(=O)OC[C@H]1C(=O)N2[C@@H](C(=O)O)C(C)(C)S(=O)(=O)[C@H]12. The number of β-lactam (4-membered cyclic amide) rings is 1. The van der Waals surface area contributed by atoms with Crippen LogP contribution in [0.5, 0.6) is 0 Å². The molecule has 0 aromatic carbocycles. The molecule has 130 valence electrons. The van der Waals surface area contributed by atoms with Gasteiger partial charge in [0.15, 0.2) is 15.2 Å². The number of fused-ring (bicyclic) bond motifs is 1. The maximum absolute atomic E-state index is 12.6. The quantitative estimate of drug-likeness (QED) is 0.537. The molecular formula is C14H21NO7S. The number of esters is 1. The zero-order valence-corrected chi connectivity index (χ0v) is 14.1. The number of hydrogen-bond donors (Lipinski definition) is 1. The van der Waals surface area contributed by atoms with Crippen LogP contribution >= 0.6 is 0 Å². The van der Waals surface area contributed by atoms with Crippen LogP contribution in [-0.2, 0) is 29.0 Å². The standard InChI is InChI=1S/C14H21NO7S/c1-4-5-6-9(16)22-7-8-11(17)15-10(13(18)19)14(2,3)23(20,21)12(8)15/h8,10,12H,4-7H2,1-3H3,(H,18,19)/t8-,10-,12+/m0/s1. The van der Waals surface area contributed by atoms with E-state index in [0.717, 1.165) is 11.3 Å². The lowest BCUT2D eigenvalue weighted by Crippen LogP contribution is -2.64. The maximum Gasteiger partial charge on any atom is 0.328 e. The van der Waals surface area contributed by atoms with Crippen LogP contribution in [0.4, 0.5) is 0 Å². The average molecular weight is 347 g/mol. The first-order chi connectivity index (χ1) is 10.6. The highest BCUT2D eigenvalue weighted by Crippen LogP contribution is 2.48. The van der Waals surface area contributed by atoms with Gasteiger partial charge in [-0.25, -0.2) is 13.2 Å². The summed E-state index contributed by atoms with van der Waals surface area (Å²) in [5.74, 6) is -3.45. The Kier molecular flexibility index (Phi) is 4.44. The highest BCUT2D eigenvalue weighted by molar-refractivity contribution is 7.93. The molecule has 0 radical (unpaired) electrons. The predicted octanol–water partition coefficient (Wildman–Crippen LogP) is 0.165. The summed E-state index contributed by atoms with van der Waals surface area (Å²) in [4.78, 5) is 36.0. The molecule has 2 heterocycles. The zero-order valence-electron chi connectivity index (χ0n) is 13.3. The predicted molar refractivity (Wildman–Crippen MR) is 79.0 cm³/mol. The smallest absolute Gasteiger partial charge is 0.328 e. The number of carboxylic acid groups (broad SMARTS) is 1. The molecule has 0 aromatic rings. The van der Waals surface area contributed by atoms with Gasteiger partial charge >= 0.3 is 11.9 Å². The minimum atomic E-state index is -3.87. The molecule has 2 aliphatic rings. The van der Waals surface area contributed by atoms with Gasteiger partial charge in [-0.2, -0.15) is 0 Å². The molecule has 2 aliphatic heterocycles. The molecule has 1 amide bonds. The molecule has 2 rings (SSSR count). The lowest BCUT2D eigenvalue weighted by molar-refractivity contribution is -0.168. The molecule has 0 unspecified atom stereocenters. The molecule has 2 fully saturated rings. The monoisotopic (exact) mass is 347 g/mol. The summed E-state index contributed by atoms with van der Waals surface area (Å²) in [7, 11) is -3.87. The van der Waals surface area contributed by atoms with E-state index >= 15 is 0 Å². The average Bonchev–Trinajstić information content (AvgIpc) is 2.59. The van der Waals surface area contributed by atoms with Gasteiger partial charge in [0.1, 0.15) is 18.6 Å². The van der Waals surface area contributed by atoms with Gasteiger partial charge in [0.25, 0.3) is 0 Å².